The lowest BCUT2D eigenvalue weighted by atomic mass is 9.66. The Kier molecular flexibility index (Phi) is 2.21. The summed E-state index contributed by atoms with van der Waals surface area (Å²) in [6.45, 7) is 9.26. The highest BCUT2D eigenvalue weighted by Gasteiger charge is 2.47. The van der Waals surface area contributed by atoms with E-state index >= 15 is 0 Å². The van der Waals surface area contributed by atoms with Crippen LogP contribution in [0.5, 0.6) is 0 Å². The molecule has 1 heteroatoms. The van der Waals surface area contributed by atoms with E-state index in [4.69, 9.17) is 5.26 Å². The molecule has 1 nitrogen and oxygen atoms in total. The first-order chi connectivity index (χ1) is 5.42. The van der Waals surface area contributed by atoms with E-state index in [1.807, 2.05) is 0 Å². The zero-order valence-electron chi connectivity index (χ0n) is 8.65. The van der Waals surface area contributed by atoms with Crippen LogP contribution in [-0.2, 0) is 0 Å². The largest absolute Gasteiger partial charge is 0.198 e. The molecule has 0 aromatic carbocycles. The van der Waals surface area contributed by atoms with E-state index in [-0.39, 0.29) is 0 Å². The van der Waals surface area contributed by atoms with Crippen molar-refractivity contribution < 1.29 is 0 Å². The summed E-state index contributed by atoms with van der Waals surface area (Å²) in [5, 5.41) is 8.68. The molecule has 12 heavy (non-hydrogen) atoms. The number of nitrogens with zero attached hydrogens (tertiary/aromatic N) is 1. The van der Waals surface area contributed by atoms with Gasteiger partial charge in [-0.15, -0.1) is 0 Å². The molecule has 0 aromatic rings. The van der Waals surface area contributed by atoms with Gasteiger partial charge in [0, 0.05) is 6.42 Å². The maximum absolute atomic E-state index is 8.68. The molecule has 0 N–H and O–H groups in total. The SMILES string of the molecule is CC1(C)CC[C@H](CC#N)C1(C)C. The van der Waals surface area contributed by atoms with Gasteiger partial charge in [0.05, 0.1) is 6.07 Å². The van der Waals surface area contributed by atoms with Crippen molar-refractivity contribution in [3.63, 3.8) is 0 Å². The standard InChI is InChI=1S/C11H19N/c1-10(2)7-5-9(6-8-12)11(10,3)4/h9H,5-7H2,1-4H3/t9-/m1/s1. The zero-order chi connectivity index (χ0) is 9.41. The van der Waals surface area contributed by atoms with Crippen molar-refractivity contribution in [2.75, 3.05) is 0 Å². The molecule has 0 radical (unpaired) electrons. The van der Waals surface area contributed by atoms with E-state index in [1.54, 1.807) is 0 Å². The van der Waals surface area contributed by atoms with E-state index in [0.717, 1.165) is 6.42 Å². The predicted molar refractivity (Wildman–Crippen MR) is 50.5 cm³/mol. The van der Waals surface area contributed by atoms with Crippen LogP contribution >= 0.6 is 0 Å². The van der Waals surface area contributed by atoms with E-state index in [1.165, 1.54) is 12.8 Å². The minimum Gasteiger partial charge on any atom is -0.198 e. The summed E-state index contributed by atoms with van der Waals surface area (Å²) in [6, 6.07) is 2.30. The highest BCUT2D eigenvalue weighted by atomic mass is 14.5. The van der Waals surface area contributed by atoms with Crippen molar-refractivity contribution in [3.8, 4) is 6.07 Å². The predicted octanol–water partition coefficient (Wildman–Crippen LogP) is 3.36. The molecule has 0 spiro atoms. The number of rotatable bonds is 1. The summed E-state index contributed by atoms with van der Waals surface area (Å²) in [4.78, 5) is 0. The minimum atomic E-state index is 0.336. The van der Waals surface area contributed by atoms with Crippen LogP contribution in [0.1, 0.15) is 47.0 Å². The van der Waals surface area contributed by atoms with Crippen LogP contribution in [0.25, 0.3) is 0 Å². The fraction of sp³-hybridized carbons (Fsp3) is 0.909. The van der Waals surface area contributed by atoms with Crippen molar-refractivity contribution in [2.24, 2.45) is 16.7 Å². The van der Waals surface area contributed by atoms with Crippen LogP contribution in [0.4, 0.5) is 0 Å². The van der Waals surface area contributed by atoms with E-state index in [0.29, 0.717) is 16.7 Å². The van der Waals surface area contributed by atoms with Crippen LogP contribution in [0.15, 0.2) is 0 Å². The lowest BCUT2D eigenvalue weighted by Gasteiger charge is -2.38. The third kappa shape index (κ3) is 1.24. The molecule has 0 heterocycles. The van der Waals surface area contributed by atoms with Crippen LogP contribution in [0.2, 0.25) is 0 Å². The van der Waals surface area contributed by atoms with Gasteiger partial charge in [0.15, 0.2) is 0 Å². The van der Waals surface area contributed by atoms with Gasteiger partial charge < -0.3 is 0 Å². The third-order valence-corrected chi connectivity index (χ3v) is 4.22. The zero-order valence-corrected chi connectivity index (χ0v) is 8.65. The number of hydrogen-bond donors (Lipinski definition) is 0. The molecule has 0 unspecified atom stereocenters. The molecule has 0 aliphatic heterocycles. The maximum Gasteiger partial charge on any atom is 0.0624 e. The van der Waals surface area contributed by atoms with Crippen LogP contribution < -0.4 is 0 Å². The van der Waals surface area contributed by atoms with Crippen LogP contribution in [0.3, 0.4) is 0 Å². The molecule has 1 fully saturated rings. The van der Waals surface area contributed by atoms with Crippen LogP contribution in [-0.4, -0.2) is 0 Å². The lowest BCUT2D eigenvalue weighted by molar-refractivity contribution is 0.109. The molecule has 0 aromatic heterocycles. The van der Waals surface area contributed by atoms with Gasteiger partial charge >= 0.3 is 0 Å². The molecule has 0 bridgehead atoms. The molecule has 0 saturated heterocycles. The first-order valence-electron chi connectivity index (χ1n) is 4.79. The van der Waals surface area contributed by atoms with Gasteiger partial charge in [-0.3, -0.25) is 0 Å². The molecule has 1 saturated carbocycles. The van der Waals surface area contributed by atoms with Gasteiger partial charge in [0.1, 0.15) is 0 Å². The lowest BCUT2D eigenvalue weighted by Crippen LogP contribution is -2.31. The molecular formula is C11H19N. The Hall–Kier alpha value is -0.510. The van der Waals surface area contributed by atoms with E-state index in [2.05, 4.69) is 33.8 Å². The normalized spacial score (nSPS) is 31.4. The Labute approximate surface area is 75.8 Å². The molecule has 1 aliphatic rings. The first kappa shape index (κ1) is 9.58. The average Bonchev–Trinajstić information content (AvgIpc) is 2.13. The highest BCUT2D eigenvalue weighted by Crippen LogP contribution is 2.56. The molecule has 0 amide bonds. The average molecular weight is 165 g/mol. The van der Waals surface area contributed by atoms with Crippen LogP contribution in [0, 0.1) is 28.1 Å². The minimum absolute atomic E-state index is 0.336. The summed E-state index contributed by atoms with van der Waals surface area (Å²) < 4.78 is 0. The van der Waals surface area contributed by atoms with Gasteiger partial charge in [-0.2, -0.15) is 5.26 Å². The smallest absolute Gasteiger partial charge is 0.0624 e. The highest BCUT2D eigenvalue weighted by molar-refractivity contribution is 5.00. The fourth-order valence-corrected chi connectivity index (χ4v) is 2.24. The van der Waals surface area contributed by atoms with Crippen molar-refractivity contribution in [3.05, 3.63) is 0 Å². The van der Waals surface area contributed by atoms with Crippen molar-refractivity contribution in [1.82, 2.24) is 0 Å². The summed E-state index contributed by atoms with van der Waals surface area (Å²) >= 11 is 0. The Balaban J connectivity index is 2.80. The quantitative estimate of drug-likeness (QED) is 0.584. The van der Waals surface area contributed by atoms with Crippen molar-refractivity contribution in [2.45, 2.75) is 47.0 Å². The van der Waals surface area contributed by atoms with Crippen molar-refractivity contribution >= 4 is 0 Å². The molecule has 68 valence electrons. The topological polar surface area (TPSA) is 23.8 Å². The van der Waals surface area contributed by atoms with Crippen molar-refractivity contribution in [1.29, 1.82) is 5.26 Å². The summed E-state index contributed by atoms with van der Waals surface area (Å²) in [7, 11) is 0. The Bertz CT molecular complexity index is 208. The number of nitriles is 1. The summed E-state index contributed by atoms with van der Waals surface area (Å²) in [6.07, 6.45) is 3.23. The van der Waals surface area contributed by atoms with Gasteiger partial charge in [-0.05, 0) is 29.6 Å². The van der Waals surface area contributed by atoms with Gasteiger partial charge in [0.2, 0.25) is 0 Å². The Morgan fingerprint density at radius 2 is 1.92 bits per heavy atom. The van der Waals surface area contributed by atoms with Gasteiger partial charge in [-0.25, -0.2) is 0 Å². The fourth-order valence-electron chi connectivity index (χ4n) is 2.24. The van der Waals surface area contributed by atoms with Gasteiger partial charge in [0.25, 0.3) is 0 Å². The van der Waals surface area contributed by atoms with E-state index < -0.39 is 0 Å². The first-order valence-corrected chi connectivity index (χ1v) is 4.79. The number of hydrogen-bond acceptors (Lipinski definition) is 1. The van der Waals surface area contributed by atoms with E-state index in [9.17, 15) is 0 Å². The summed E-state index contributed by atoms with van der Waals surface area (Å²) in [5.41, 5.74) is 0.747. The second-order valence-corrected chi connectivity index (χ2v) is 5.20. The molecule has 1 aliphatic carbocycles. The Morgan fingerprint density at radius 3 is 2.25 bits per heavy atom. The Morgan fingerprint density at radius 1 is 1.33 bits per heavy atom. The molecular weight excluding hydrogens is 146 g/mol. The molecule has 1 rings (SSSR count). The monoisotopic (exact) mass is 165 g/mol. The maximum atomic E-state index is 8.68. The summed E-state index contributed by atoms with van der Waals surface area (Å²) in [5.74, 6) is 0.609. The molecule has 1 atom stereocenters. The third-order valence-electron chi connectivity index (χ3n) is 4.22. The van der Waals surface area contributed by atoms with Gasteiger partial charge in [-0.1, -0.05) is 27.7 Å². The second kappa shape index (κ2) is 2.76. The second-order valence-electron chi connectivity index (χ2n) is 5.20.